The molecule has 0 aliphatic rings. The number of thiazole rings is 1. The number of amides is 1. The van der Waals surface area contributed by atoms with Crippen LogP contribution in [0.15, 0.2) is 48.5 Å². The molecule has 0 saturated heterocycles. The SMILES string of the molecule is O=C(Cn1nnc2ccccc21)Nc1nc2ccccc2s1. The molecule has 0 saturated carbocycles. The molecule has 6 nitrogen and oxygen atoms in total. The Balaban J connectivity index is 1.55. The van der Waals surface area contributed by atoms with Crippen molar-refractivity contribution in [2.45, 2.75) is 6.54 Å². The number of nitrogens with zero attached hydrogens (tertiary/aromatic N) is 4. The molecule has 108 valence electrons. The average Bonchev–Trinajstić information content (AvgIpc) is 3.11. The molecule has 0 fully saturated rings. The Morgan fingerprint density at radius 1 is 1.09 bits per heavy atom. The molecule has 22 heavy (non-hydrogen) atoms. The van der Waals surface area contributed by atoms with Crippen molar-refractivity contribution in [1.29, 1.82) is 0 Å². The molecule has 0 unspecified atom stereocenters. The summed E-state index contributed by atoms with van der Waals surface area (Å²) < 4.78 is 2.63. The lowest BCUT2D eigenvalue weighted by Gasteiger charge is -2.02. The van der Waals surface area contributed by atoms with Gasteiger partial charge in [-0.3, -0.25) is 4.79 Å². The van der Waals surface area contributed by atoms with Crippen molar-refractivity contribution in [3.8, 4) is 0 Å². The first kappa shape index (κ1) is 12.9. The van der Waals surface area contributed by atoms with Crippen LogP contribution in [0.4, 0.5) is 5.13 Å². The number of carbonyl (C=O) groups is 1. The monoisotopic (exact) mass is 309 g/mol. The number of hydrogen-bond donors (Lipinski definition) is 1. The van der Waals surface area contributed by atoms with E-state index in [1.54, 1.807) is 4.68 Å². The van der Waals surface area contributed by atoms with E-state index in [2.05, 4.69) is 20.6 Å². The predicted molar refractivity (Wildman–Crippen MR) is 85.8 cm³/mol. The van der Waals surface area contributed by atoms with Gasteiger partial charge in [0.1, 0.15) is 12.1 Å². The van der Waals surface area contributed by atoms with Crippen LogP contribution in [0.3, 0.4) is 0 Å². The van der Waals surface area contributed by atoms with Crippen LogP contribution in [0, 0.1) is 0 Å². The zero-order valence-electron chi connectivity index (χ0n) is 11.4. The van der Waals surface area contributed by atoms with Gasteiger partial charge in [-0.05, 0) is 24.3 Å². The Morgan fingerprint density at radius 3 is 2.73 bits per heavy atom. The second-order valence-corrected chi connectivity index (χ2v) is 5.80. The minimum Gasteiger partial charge on any atom is -0.300 e. The molecular formula is C15H11N5OS. The van der Waals surface area contributed by atoms with Crippen LogP contribution >= 0.6 is 11.3 Å². The number of anilines is 1. The molecule has 0 aliphatic heterocycles. The van der Waals surface area contributed by atoms with Gasteiger partial charge in [0.15, 0.2) is 5.13 Å². The molecule has 0 aliphatic carbocycles. The summed E-state index contributed by atoms with van der Waals surface area (Å²) in [5, 5.41) is 11.4. The highest BCUT2D eigenvalue weighted by molar-refractivity contribution is 7.22. The standard InChI is InChI=1S/C15H11N5OS/c21-14(9-20-12-7-3-1-5-10(12)18-19-20)17-15-16-11-6-2-4-8-13(11)22-15/h1-8H,9H2,(H,16,17,21). The molecule has 4 rings (SSSR count). The Labute approximate surface area is 129 Å². The highest BCUT2D eigenvalue weighted by atomic mass is 32.1. The van der Waals surface area contributed by atoms with E-state index in [0.29, 0.717) is 5.13 Å². The maximum atomic E-state index is 12.2. The molecule has 1 amide bonds. The zero-order valence-corrected chi connectivity index (χ0v) is 12.2. The van der Waals surface area contributed by atoms with Crippen molar-refractivity contribution in [3.63, 3.8) is 0 Å². The van der Waals surface area contributed by atoms with Crippen LogP contribution in [0.2, 0.25) is 0 Å². The van der Waals surface area contributed by atoms with Gasteiger partial charge >= 0.3 is 0 Å². The minimum atomic E-state index is -0.172. The Hall–Kier alpha value is -2.80. The van der Waals surface area contributed by atoms with E-state index in [0.717, 1.165) is 21.3 Å². The second kappa shape index (κ2) is 5.19. The predicted octanol–water partition coefficient (Wildman–Crippen LogP) is 2.68. The van der Waals surface area contributed by atoms with E-state index in [1.165, 1.54) is 11.3 Å². The Bertz CT molecular complexity index is 941. The molecular weight excluding hydrogens is 298 g/mol. The number of aromatic nitrogens is 4. The molecule has 7 heteroatoms. The number of benzene rings is 2. The van der Waals surface area contributed by atoms with Gasteiger partial charge in [0.25, 0.3) is 0 Å². The number of hydrogen-bond acceptors (Lipinski definition) is 5. The van der Waals surface area contributed by atoms with E-state index in [9.17, 15) is 4.79 Å². The van der Waals surface area contributed by atoms with Crippen LogP contribution in [0.1, 0.15) is 0 Å². The van der Waals surface area contributed by atoms with Crippen LogP contribution in [-0.2, 0) is 11.3 Å². The van der Waals surface area contributed by atoms with E-state index in [-0.39, 0.29) is 12.5 Å². The summed E-state index contributed by atoms with van der Waals surface area (Å²) in [5.74, 6) is -0.172. The second-order valence-electron chi connectivity index (χ2n) is 4.77. The third-order valence-corrected chi connectivity index (χ3v) is 4.21. The number of rotatable bonds is 3. The lowest BCUT2D eigenvalue weighted by Crippen LogP contribution is -2.19. The minimum absolute atomic E-state index is 0.108. The first-order valence-electron chi connectivity index (χ1n) is 6.73. The van der Waals surface area contributed by atoms with Gasteiger partial charge in [0.05, 0.1) is 15.7 Å². The molecule has 4 aromatic rings. The van der Waals surface area contributed by atoms with E-state index < -0.39 is 0 Å². The lowest BCUT2D eigenvalue weighted by molar-refractivity contribution is -0.116. The highest BCUT2D eigenvalue weighted by Gasteiger charge is 2.11. The summed E-state index contributed by atoms with van der Waals surface area (Å²) in [6, 6.07) is 15.3. The van der Waals surface area contributed by atoms with Gasteiger partial charge < -0.3 is 5.32 Å². The summed E-state index contributed by atoms with van der Waals surface area (Å²) in [4.78, 5) is 16.6. The first-order chi connectivity index (χ1) is 10.8. The summed E-state index contributed by atoms with van der Waals surface area (Å²) in [7, 11) is 0. The molecule has 2 heterocycles. The fraction of sp³-hybridized carbons (Fsp3) is 0.0667. The quantitative estimate of drug-likeness (QED) is 0.631. The summed E-state index contributed by atoms with van der Waals surface area (Å²) in [6.07, 6.45) is 0. The van der Waals surface area contributed by atoms with Gasteiger partial charge in [0, 0.05) is 0 Å². The molecule has 2 aromatic heterocycles. The summed E-state index contributed by atoms with van der Waals surface area (Å²) >= 11 is 1.45. The van der Waals surface area contributed by atoms with Crippen molar-refractivity contribution in [3.05, 3.63) is 48.5 Å². The van der Waals surface area contributed by atoms with Crippen LogP contribution in [0.5, 0.6) is 0 Å². The zero-order chi connectivity index (χ0) is 14.9. The van der Waals surface area contributed by atoms with E-state index in [1.807, 2.05) is 48.5 Å². The fourth-order valence-electron chi connectivity index (χ4n) is 2.25. The fourth-order valence-corrected chi connectivity index (χ4v) is 3.14. The van der Waals surface area contributed by atoms with Gasteiger partial charge in [-0.2, -0.15) is 0 Å². The molecule has 2 aromatic carbocycles. The largest absolute Gasteiger partial charge is 0.300 e. The molecule has 1 N–H and O–H groups in total. The molecule has 0 atom stereocenters. The molecule has 0 bridgehead atoms. The summed E-state index contributed by atoms with van der Waals surface area (Å²) in [5.41, 5.74) is 2.49. The third-order valence-electron chi connectivity index (χ3n) is 3.25. The van der Waals surface area contributed by atoms with Crippen molar-refractivity contribution in [1.82, 2.24) is 20.0 Å². The topological polar surface area (TPSA) is 72.7 Å². The van der Waals surface area contributed by atoms with Crippen LogP contribution in [-0.4, -0.2) is 25.9 Å². The van der Waals surface area contributed by atoms with Gasteiger partial charge in [-0.25, -0.2) is 9.67 Å². The molecule has 0 spiro atoms. The maximum absolute atomic E-state index is 12.2. The normalized spacial score (nSPS) is 11.1. The van der Waals surface area contributed by atoms with Crippen molar-refractivity contribution in [2.75, 3.05) is 5.32 Å². The van der Waals surface area contributed by atoms with Crippen LogP contribution in [0.25, 0.3) is 21.3 Å². The van der Waals surface area contributed by atoms with Crippen molar-refractivity contribution in [2.24, 2.45) is 0 Å². The number of para-hydroxylation sites is 2. The third kappa shape index (κ3) is 2.31. The molecule has 0 radical (unpaired) electrons. The van der Waals surface area contributed by atoms with E-state index >= 15 is 0 Å². The van der Waals surface area contributed by atoms with Crippen molar-refractivity contribution >= 4 is 43.6 Å². The summed E-state index contributed by atoms with van der Waals surface area (Å²) in [6.45, 7) is 0.108. The smallest absolute Gasteiger partial charge is 0.247 e. The highest BCUT2D eigenvalue weighted by Crippen LogP contribution is 2.25. The van der Waals surface area contributed by atoms with Crippen molar-refractivity contribution < 1.29 is 4.79 Å². The number of carbonyl (C=O) groups excluding carboxylic acids is 1. The lowest BCUT2D eigenvalue weighted by atomic mass is 10.3. The van der Waals surface area contributed by atoms with Crippen LogP contribution < -0.4 is 5.32 Å². The number of fused-ring (bicyclic) bond motifs is 2. The first-order valence-corrected chi connectivity index (χ1v) is 7.55. The van der Waals surface area contributed by atoms with Gasteiger partial charge in [0.2, 0.25) is 5.91 Å². The Morgan fingerprint density at radius 2 is 1.86 bits per heavy atom. The Kier molecular flexibility index (Phi) is 3.05. The van der Waals surface area contributed by atoms with E-state index in [4.69, 9.17) is 0 Å². The number of nitrogens with one attached hydrogen (secondary N) is 1. The van der Waals surface area contributed by atoms with Gasteiger partial charge in [-0.15, -0.1) is 5.10 Å². The maximum Gasteiger partial charge on any atom is 0.247 e. The average molecular weight is 309 g/mol. The van der Waals surface area contributed by atoms with Gasteiger partial charge in [-0.1, -0.05) is 40.8 Å².